The van der Waals surface area contributed by atoms with Crippen LogP contribution in [0.3, 0.4) is 0 Å². The first-order valence-corrected chi connectivity index (χ1v) is 10.8. The molecule has 1 aromatic carbocycles. The van der Waals surface area contributed by atoms with Gasteiger partial charge < -0.3 is 15.4 Å². The fraction of sp³-hybridized carbons (Fsp3) is 0.682. The third-order valence-corrected chi connectivity index (χ3v) is 6.37. The second kappa shape index (κ2) is 8.64. The fourth-order valence-electron chi connectivity index (χ4n) is 4.58. The van der Waals surface area contributed by atoms with Gasteiger partial charge in [-0.15, -0.1) is 0 Å². The molecule has 0 radical (unpaired) electrons. The lowest BCUT2D eigenvalue weighted by atomic mass is 9.92. The number of ether oxygens (including phenoxy) is 1. The van der Waals surface area contributed by atoms with Crippen LogP contribution in [-0.2, 0) is 10.9 Å². The Hall–Kier alpha value is -1.60. The van der Waals surface area contributed by atoms with Crippen LogP contribution in [0.25, 0.3) is 0 Å². The van der Waals surface area contributed by atoms with E-state index in [0.717, 1.165) is 44.2 Å². The van der Waals surface area contributed by atoms with Gasteiger partial charge in [0.25, 0.3) is 5.91 Å². The van der Waals surface area contributed by atoms with E-state index in [1.165, 1.54) is 25.3 Å². The summed E-state index contributed by atoms with van der Waals surface area (Å²) in [6, 6.07) is 3.93. The van der Waals surface area contributed by atoms with E-state index >= 15 is 0 Å². The van der Waals surface area contributed by atoms with E-state index in [2.05, 4.69) is 10.6 Å². The summed E-state index contributed by atoms with van der Waals surface area (Å²) in [5.41, 5.74) is 0.196. The lowest BCUT2D eigenvalue weighted by Gasteiger charge is -2.36. The average molecular weight is 410 g/mol. The SMILES string of the molecule is O=C(N[C@H]1COCC[C@@H]1NC1CCCCC1)c1ccc(C(F)(F)F)cc1C1CC1. The number of rotatable bonds is 5. The maximum atomic E-state index is 13.1. The minimum Gasteiger partial charge on any atom is -0.379 e. The molecule has 0 unspecified atom stereocenters. The molecule has 160 valence electrons. The predicted octanol–water partition coefficient (Wildman–Crippen LogP) is 4.39. The second-order valence-electron chi connectivity index (χ2n) is 8.63. The molecule has 2 aliphatic carbocycles. The van der Waals surface area contributed by atoms with E-state index < -0.39 is 11.7 Å². The van der Waals surface area contributed by atoms with Crippen LogP contribution in [0, 0.1) is 0 Å². The molecule has 4 nitrogen and oxygen atoms in total. The number of hydrogen-bond acceptors (Lipinski definition) is 3. The molecule has 2 saturated carbocycles. The van der Waals surface area contributed by atoms with E-state index in [9.17, 15) is 18.0 Å². The number of carbonyl (C=O) groups is 1. The third kappa shape index (κ3) is 5.12. The van der Waals surface area contributed by atoms with Gasteiger partial charge in [0.1, 0.15) is 0 Å². The van der Waals surface area contributed by atoms with Crippen LogP contribution < -0.4 is 10.6 Å². The molecule has 1 aliphatic heterocycles. The number of halogens is 3. The standard InChI is InChI=1S/C22H29F3N2O2/c23-22(24,25)15-8-9-17(18(12-15)14-6-7-14)21(28)27-20-13-29-11-10-19(20)26-16-4-2-1-3-5-16/h8-9,12,14,16,19-20,26H,1-7,10-11,13H2,(H,27,28)/t19-,20-/m0/s1. The molecule has 1 heterocycles. The highest BCUT2D eigenvalue weighted by molar-refractivity contribution is 5.96. The summed E-state index contributed by atoms with van der Waals surface area (Å²) >= 11 is 0. The minimum atomic E-state index is -4.40. The number of carbonyl (C=O) groups excluding carboxylic acids is 1. The van der Waals surface area contributed by atoms with Crippen LogP contribution >= 0.6 is 0 Å². The van der Waals surface area contributed by atoms with Crippen molar-refractivity contribution in [2.45, 2.75) is 81.6 Å². The van der Waals surface area contributed by atoms with Gasteiger partial charge in [0.2, 0.25) is 0 Å². The highest BCUT2D eigenvalue weighted by Gasteiger charge is 2.36. The van der Waals surface area contributed by atoms with Crippen LogP contribution in [0.15, 0.2) is 18.2 Å². The Morgan fingerprint density at radius 3 is 2.45 bits per heavy atom. The van der Waals surface area contributed by atoms with Gasteiger partial charge in [-0.05, 0) is 61.8 Å². The molecule has 0 aromatic heterocycles. The highest BCUT2D eigenvalue weighted by Crippen LogP contribution is 2.43. The number of hydrogen-bond donors (Lipinski definition) is 2. The molecular weight excluding hydrogens is 381 g/mol. The number of nitrogens with one attached hydrogen (secondary N) is 2. The van der Waals surface area contributed by atoms with E-state index in [0.29, 0.717) is 30.4 Å². The molecule has 1 saturated heterocycles. The average Bonchev–Trinajstić information content (AvgIpc) is 3.54. The number of alkyl halides is 3. The summed E-state index contributed by atoms with van der Waals surface area (Å²) in [5, 5.41) is 6.75. The molecule has 29 heavy (non-hydrogen) atoms. The molecule has 2 N–H and O–H groups in total. The summed E-state index contributed by atoms with van der Waals surface area (Å²) < 4.78 is 44.9. The van der Waals surface area contributed by atoms with Gasteiger partial charge in [-0.25, -0.2) is 0 Å². The molecule has 0 bridgehead atoms. The quantitative estimate of drug-likeness (QED) is 0.757. The largest absolute Gasteiger partial charge is 0.416 e. The molecule has 3 fully saturated rings. The molecule has 1 amide bonds. The molecular formula is C22H29F3N2O2. The Morgan fingerprint density at radius 1 is 1.00 bits per heavy atom. The molecule has 3 aliphatic rings. The smallest absolute Gasteiger partial charge is 0.379 e. The molecule has 2 atom stereocenters. The zero-order chi connectivity index (χ0) is 20.4. The Morgan fingerprint density at radius 2 is 1.76 bits per heavy atom. The van der Waals surface area contributed by atoms with Crippen molar-refractivity contribution in [1.82, 2.24) is 10.6 Å². The third-order valence-electron chi connectivity index (χ3n) is 6.37. The number of benzene rings is 1. The zero-order valence-corrected chi connectivity index (χ0v) is 16.6. The lowest BCUT2D eigenvalue weighted by Crippen LogP contribution is -2.57. The van der Waals surface area contributed by atoms with Crippen molar-refractivity contribution in [3.05, 3.63) is 34.9 Å². The van der Waals surface area contributed by atoms with Crippen molar-refractivity contribution in [1.29, 1.82) is 0 Å². The van der Waals surface area contributed by atoms with Gasteiger partial charge in [0.05, 0.1) is 18.2 Å². The topological polar surface area (TPSA) is 50.4 Å². The van der Waals surface area contributed by atoms with Crippen LogP contribution in [0.5, 0.6) is 0 Å². The maximum Gasteiger partial charge on any atom is 0.416 e. The first-order valence-electron chi connectivity index (χ1n) is 10.8. The van der Waals surface area contributed by atoms with Crippen molar-refractivity contribution < 1.29 is 22.7 Å². The maximum absolute atomic E-state index is 13.1. The normalized spacial score (nSPS) is 26.3. The van der Waals surface area contributed by atoms with Crippen molar-refractivity contribution in [2.75, 3.05) is 13.2 Å². The molecule has 0 spiro atoms. The monoisotopic (exact) mass is 410 g/mol. The summed E-state index contributed by atoms with van der Waals surface area (Å²) in [5.74, 6) is -0.247. The summed E-state index contributed by atoms with van der Waals surface area (Å²) in [4.78, 5) is 13.0. The summed E-state index contributed by atoms with van der Waals surface area (Å²) in [6.45, 7) is 1.08. The second-order valence-corrected chi connectivity index (χ2v) is 8.63. The van der Waals surface area contributed by atoms with E-state index in [4.69, 9.17) is 4.74 Å². The van der Waals surface area contributed by atoms with Gasteiger partial charge in [-0.2, -0.15) is 13.2 Å². The van der Waals surface area contributed by atoms with Gasteiger partial charge in [-0.3, -0.25) is 4.79 Å². The minimum absolute atomic E-state index is 0.0526. The molecule has 7 heteroatoms. The lowest BCUT2D eigenvalue weighted by molar-refractivity contribution is -0.137. The van der Waals surface area contributed by atoms with Crippen molar-refractivity contribution in [2.24, 2.45) is 0 Å². The fourth-order valence-corrected chi connectivity index (χ4v) is 4.58. The molecule has 1 aromatic rings. The van der Waals surface area contributed by atoms with Gasteiger partial charge in [0, 0.05) is 24.3 Å². The van der Waals surface area contributed by atoms with Gasteiger partial charge in [-0.1, -0.05) is 19.3 Å². The highest BCUT2D eigenvalue weighted by atomic mass is 19.4. The summed E-state index contributed by atoms with van der Waals surface area (Å²) in [7, 11) is 0. The van der Waals surface area contributed by atoms with Crippen molar-refractivity contribution >= 4 is 5.91 Å². The zero-order valence-electron chi connectivity index (χ0n) is 16.6. The van der Waals surface area contributed by atoms with Crippen molar-refractivity contribution in [3.63, 3.8) is 0 Å². The van der Waals surface area contributed by atoms with Gasteiger partial charge >= 0.3 is 6.18 Å². The van der Waals surface area contributed by atoms with E-state index in [-0.39, 0.29) is 23.9 Å². The predicted molar refractivity (Wildman–Crippen MR) is 104 cm³/mol. The summed E-state index contributed by atoms with van der Waals surface area (Å²) in [6.07, 6.45) is 4.15. The Bertz CT molecular complexity index is 727. The van der Waals surface area contributed by atoms with E-state index in [1.54, 1.807) is 0 Å². The van der Waals surface area contributed by atoms with Crippen LogP contribution in [-0.4, -0.2) is 37.2 Å². The Balaban J connectivity index is 1.47. The van der Waals surface area contributed by atoms with Gasteiger partial charge in [0.15, 0.2) is 0 Å². The Labute approximate surface area is 169 Å². The van der Waals surface area contributed by atoms with Crippen LogP contribution in [0.4, 0.5) is 13.2 Å². The van der Waals surface area contributed by atoms with Crippen LogP contribution in [0.1, 0.15) is 78.8 Å². The van der Waals surface area contributed by atoms with E-state index in [1.807, 2.05) is 0 Å². The first-order chi connectivity index (χ1) is 13.9. The van der Waals surface area contributed by atoms with Crippen molar-refractivity contribution in [3.8, 4) is 0 Å². The first kappa shape index (κ1) is 20.7. The number of amides is 1. The Kier molecular flexibility index (Phi) is 6.16. The van der Waals surface area contributed by atoms with Crippen LogP contribution in [0.2, 0.25) is 0 Å². The molecule has 4 rings (SSSR count).